The Labute approximate surface area is 158 Å². The number of ether oxygens (including phenoxy) is 1. The summed E-state index contributed by atoms with van der Waals surface area (Å²) in [6.07, 6.45) is 0. The SMILES string of the molecule is COCc1c(C(=O)NC(C)c2ccc(F)c(Cl)c2)sc2cccc(F)c12. The Morgan fingerprint density at radius 1 is 1.27 bits per heavy atom. The van der Waals surface area contributed by atoms with Crippen LogP contribution in [0.3, 0.4) is 0 Å². The zero-order chi connectivity index (χ0) is 18.8. The number of carbonyl (C=O) groups excluding carboxylic acids is 1. The number of methoxy groups -OCH3 is 1. The van der Waals surface area contributed by atoms with Gasteiger partial charge in [0, 0.05) is 22.8 Å². The molecule has 0 spiro atoms. The fourth-order valence-corrected chi connectivity index (χ4v) is 4.07. The number of nitrogens with one attached hydrogen (secondary N) is 1. The summed E-state index contributed by atoms with van der Waals surface area (Å²) in [7, 11) is 1.50. The molecule has 1 atom stereocenters. The number of benzene rings is 2. The third kappa shape index (κ3) is 3.58. The van der Waals surface area contributed by atoms with E-state index in [0.29, 0.717) is 26.1 Å². The molecule has 1 amide bonds. The predicted octanol–water partition coefficient (Wildman–Crippen LogP) is 5.47. The Morgan fingerprint density at radius 2 is 2.04 bits per heavy atom. The number of amides is 1. The van der Waals surface area contributed by atoms with Gasteiger partial charge in [-0.25, -0.2) is 8.78 Å². The molecule has 0 fully saturated rings. The highest BCUT2D eigenvalue weighted by atomic mass is 35.5. The van der Waals surface area contributed by atoms with Crippen molar-refractivity contribution in [2.24, 2.45) is 0 Å². The van der Waals surface area contributed by atoms with Crippen LogP contribution >= 0.6 is 22.9 Å². The first-order valence-electron chi connectivity index (χ1n) is 7.87. The van der Waals surface area contributed by atoms with Crippen molar-refractivity contribution < 1.29 is 18.3 Å². The van der Waals surface area contributed by atoms with Crippen molar-refractivity contribution in [2.75, 3.05) is 7.11 Å². The first-order valence-corrected chi connectivity index (χ1v) is 9.06. The Kier molecular flexibility index (Phi) is 5.55. The van der Waals surface area contributed by atoms with Crippen LogP contribution in [0.5, 0.6) is 0 Å². The molecule has 3 aromatic rings. The highest BCUT2D eigenvalue weighted by Gasteiger charge is 2.22. The van der Waals surface area contributed by atoms with Crippen LogP contribution < -0.4 is 5.32 Å². The van der Waals surface area contributed by atoms with E-state index in [-0.39, 0.29) is 23.4 Å². The normalized spacial score (nSPS) is 12.3. The van der Waals surface area contributed by atoms with Gasteiger partial charge in [-0.3, -0.25) is 4.79 Å². The topological polar surface area (TPSA) is 38.3 Å². The van der Waals surface area contributed by atoms with E-state index in [1.165, 1.54) is 36.6 Å². The van der Waals surface area contributed by atoms with E-state index in [2.05, 4.69) is 5.32 Å². The van der Waals surface area contributed by atoms with Crippen LogP contribution in [0.15, 0.2) is 36.4 Å². The Bertz CT molecular complexity index is 974. The van der Waals surface area contributed by atoms with Gasteiger partial charge in [-0.15, -0.1) is 11.3 Å². The molecule has 0 radical (unpaired) electrons. The van der Waals surface area contributed by atoms with Crippen molar-refractivity contribution in [3.63, 3.8) is 0 Å². The summed E-state index contributed by atoms with van der Waals surface area (Å²) in [6, 6.07) is 8.63. The summed E-state index contributed by atoms with van der Waals surface area (Å²) in [5.74, 6) is -1.25. The number of halogens is 3. The van der Waals surface area contributed by atoms with Crippen molar-refractivity contribution in [1.29, 1.82) is 0 Å². The number of thiophene rings is 1. The number of carbonyl (C=O) groups is 1. The van der Waals surface area contributed by atoms with Crippen molar-refractivity contribution in [2.45, 2.75) is 19.6 Å². The van der Waals surface area contributed by atoms with Gasteiger partial charge in [0.2, 0.25) is 0 Å². The second-order valence-corrected chi connectivity index (χ2v) is 7.28. The van der Waals surface area contributed by atoms with Gasteiger partial charge >= 0.3 is 0 Å². The van der Waals surface area contributed by atoms with E-state index in [0.717, 1.165) is 0 Å². The lowest BCUT2D eigenvalue weighted by Gasteiger charge is -2.15. The Hall–Kier alpha value is -2.02. The first-order chi connectivity index (χ1) is 12.4. The lowest BCUT2D eigenvalue weighted by atomic mass is 10.1. The summed E-state index contributed by atoms with van der Waals surface area (Å²) < 4.78 is 33.4. The van der Waals surface area contributed by atoms with Crippen LogP contribution in [0.4, 0.5) is 8.78 Å². The molecule has 1 unspecified atom stereocenters. The van der Waals surface area contributed by atoms with E-state index < -0.39 is 11.9 Å². The highest BCUT2D eigenvalue weighted by molar-refractivity contribution is 7.21. The first kappa shape index (κ1) is 18.8. The van der Waals surface area contributed by atoms with Gasteiger partial charge in [0.25, 0.3) is 5.91 Å². The van der Waals surface area contributed by atoms with Gasteiger partial charge in [0.05, 0.1) is 22.5 Å². The Morgan fingerprint density at radius 3 is 2.73 bits per heavy atom. The molecule has 1 aromatic heterocycles. The smallest absolute Gasteiger partial charge is 0.262 e. The van der Waals surface area contributed by atoms with Crippen LogP contribution in [0, 0.1) is 11.6 Å². The van der Waals surface area contributed by atoms with Crippen molar-refractivity contribution in [1.82, 2.24) is 5.32 Å². The van der Waals surface area contributed by atoms with Gasteiger partial charge in [-0.05, 0) is 36.8 Å². The molecular weight excluding hydrogens is 380 g/mol. The maximum Gasteiger partial charge on any atom is 0.262 e. The monoisotopic (exact) mass is 395 g/mol. The molecule has 136 valence electrons. The van der Waals surface area contributed by atoms with Crippen LogP contribution in [0.25, 0.3) is 10.1 Å². The van der Waals surface area contributed by atoms with Crippen LogP contribution in [0.1, 0.15) is 33.8 Å². The largest absolute Gasteiger partial charge is 0.380 e. The fourth-order valence-electron chi connectivity index (χ4n) is 2.76. The van der Waals surface area contributed by atoms with Gasteiger partial charge in [-0.2, -0.15) is 0 Å². The van der Waals surface area contributed by atoms with Gasteiger partial charge in [0.1, 0.15) is 11.6 Å². The molecular formula is C19H16ClF2NO2S. The summed E-state index contributed by atoms with van der Waals surface area (Å²) in [4.78, 5) is 13.2. The van der Waals surface area contributed by atoms with Crippen molar-refractivity contribution in [3.8, 4) is 0 Å². The molecule has 0 aliphatic carbocycles. The van der Waals surface area contributed by atoms with Gasteiger partial charge in [0.15, 0.2) is 0 Å². The highest BCUT2D eigenvalue weighted by Crippen LogP contribution is 2.34. The van der Waals surface area contributed by atoms with E-state index in [4.69, 9.17) is 16.3 Å². The number of rotatable bonds is 5. The molecule has 0 saturated heterocycles. The van der Waals surface area contributed by atoms with Crippen LogP contribution in [-0.2, 0) is 11.3 Å². The Balaban J connectivity index is 1.93. The maximum absolute atomic E-state index is 14.2. The molecule has 0 aliphatic rings. The lowest BCUT2D eigenvalue weighted by Crippen LogP contribution is -2.26. The minimum Gasteiger partial charge on any atom is -0.380 e. The maximum atomic E-state index is 14.2. The average Bonchev–Trinajstić information content (AvgIpc) is 2.97. The summed E-state index contributed by atoms with van der Waals surface area (Å²) in [6.45, 7) is 1.89. The minimum atomic E-state index is -0.517. The van der Waals surface area contributed by atoms with E-state index in [1.54, 1.807) is 25.1 Å². The number of fused-ring (bicyclic) bond motifs is 1. The lowest BCUT2D eigenvalue weighted by molar-refractivity contribution is 0.0940. The number of hydrogen-bond acceptors (Lipinski definition) is 3. The molecule has 0 bridgehead atoms. The summed E-state index contributed by atoms with van der Waals surface area (Å²) >= 11 is 7.02. The molecule has 3 nitrogen and oxygen atoms in total. The van der Waals surface area contributed by atoms with Gasteiger partial charge in [-0.1, -0.05) is 23.7 Å². The second kappa shape index (κ2) is 7.70. The van der Waals surface area contributed by atoms with Crippen molar-refractivity contribution in [3.05, 3.63) is 69.1 Å². The molecule has 2 aromatic carbocycles. The molecule has 26 heavy (non-hydrogen) atoms. The van der Waals surface area contributed by atoms with E-state index in [9.17, 15) is 13.6 Å². The van der Waals surface area contributed by atoms with E-state index >= 15 is 0 Å². The minimum absolute atomic E-state index is 0.00685. The molecule has 1 heterocycles. The summed E-state index contributed by atoms with van der Waals surface area (Å²) in [5, 5.41) is 3.25. The molecule has 0 aliphatic heterocycles. The molecule has 7 heteroatoms. The fraction of sp³-hybridized carbons (Fsp3) is 0.211. The second-order valence-electron chi connectivity index (χ2n) is 5.82. The molecule has 0 saturated carbocycles. The zero-order valence-corrected chi connectivity index (χ0v) is 15.7. The third-order valence-corrected chi connectivity index (χ3v) is 5.54. The third-order valence-electron chi connectivity index (χ3n) is 4.05. The van der Waals surface area contributed by atoms with E-state index in [1.807, 2.05) is 0 Å². The quantitative estimate of drug-likeness (QED) is 0.622. The van der Waals surface area contributed by atoms with Crippen molar-refractivity contribution >= 4 is 38.9 Å². The summed E-state index contributed by atoms with van der Waals surface area (Å²) in [5.41, 5.74) is 1.19. The standard InChI is InChI=1S/C19H16ClF2NO2S/c1-10(11-6-7-14(21)13(20)8-11)23-19(24)18-12(9-25-2)17-15(22)4-3-5-16(17)26-18/h3-8,10H,9H2,1-2H3,(H,23,24). The average molecular weight is 396 g/mol. The molecule has 1 N–H and O–H groups in total. The molecule has 3 rings (SSSR count). The van der Waals surface area contributed by atoms with Crippen LogP contribution in [0.2, 0.25) is 5.02 Å². The zero-order valence-electron chi connectivity index (χ0n) is 14.1. The number of hydrogen-bond donors (Lipinski definition) is 1. The predicted molar refractivity (Wildman–Crippen MR) is 99.8 cm³/mol. The van der Waals surface area contributed by atoms with Crippen LogP contribution in [-0.4, -0.2) is 13.0 Å². The van der Waals surface area contributed by atoms with Gasteiger partial charge < -0.3 is 10.1 Å².